The molecule has 2 aromatic heterocycles. The molecule has 0 saturated carbocycles. The van der Waals surface area contributed by atoms with E-state index in [4.69, 9.17) is 4.84 Å². The van der Waals surface area contributed by atoms with Crippen LogP contribution in [0.4, 0.5) is 15.1 Å². The Morgan fingerprint density at radius 2 is 2.04 bits per heavy atom. The third-order valence-electron chi connectivity index (χ3n) is 3.48. The summed E-state index contributed by atoms with van der Waals surface area (Å²) in [6, 6.07) is 6.76. The monoisotopic (exact) mass is 345 g/mol. The number of fused-ring (bicyclic) bond motifs is 1. The standard InChI is InChI=1S/C17H16FN3O2S/c1-9-4-5-13(12(18)7-9)20-17-14(15(22)21-23-3)11-6-10(2)8-19-16(11)24-17/h4-8,20H,1-3H3,(H,21,22). The quantitative estimate of drug-likeness (QED) is 0.699. The first kappa shape index (κ1) is 16.4. The fourth-order valence-corrected chi connectivity index (χ4v) is 3.42. The zero-order valence-electron chi connectivity index (χ0n) is 13.4. The molecule has 2 heterocycles. The first-order valence-corrected chi connectivity index (χ1v) is 8.07. The van der Waals surface area contributed by atoms with E-state index in [9.17, 15) is 9.18 Å². The Morgan fingerprint density at radius 3 is 2.75 bits per heavy atom. The van der Waals surface area contributed by atoms with Gasteiger partial charge in [-0.15, -0.1) is 0 Å². The van der Waals surface area contributed by atoms with E-state index in [1.165, 1.54) is 24.5 Å². The SMILES string of the molecule is CONC(=O)c1c(Nc2ccc(C)cc2F)sc2ncc(C)cc12. The van der Waals surface area contributed by atoms with Gasteiger partial charge in [0.15, 0.2) is 0 Å². The van der Waals surface area contributed by atoms with Gasteiger partial charge in [-0.25, -0.2) is 14.9 Å². The number of carbonyl (C=O) groups excluding carboxylic acids is 1. The number of nitrogens with zero attached hydrogens (tertiary/aromatic N) is 1. The lowest BCUT2D eigenvalue weighted by Gasteiger charge is -2.09. The lowest BCUT2D eigenvalue weighted by atomic mass is 10.1. The summed E-state index contributed by atoms with van der Waals surface area (Å²) in [5.74, 6) is -0.791. The molecule has 0 aliphatic carbocycles. The van der Waals surface area contributed by atoms with Crippen LogP contribution in [0.25, 0.3) is 10.2 Å². The van der Waals surface area contributed by atoms with Crippen molar-refractivity contribution in [1.82, 2.24) is 10.5 Å². The molecule has 0 spiro atoms. The minimum atomic E-state index is -0.411. The first-order chi connectivity index (χ1) is 11.5. The van der Waals surface area contributed by atoms with E-state index in [2.05, 4.69) is 15.8 Å². The Hall–Kier alpha value is -2.51. The van der Waals surface area contributed by atoms with Crippen LogP contribution in [-0.2, 0) is 4.84 Å². The maximum Gasteiger partial charge on any atom is 0.278 e. The summed E-state index contributed by atoms with van der Waals surface area (Å²) in [7, 11) is 1.36. The topological polar surface area (TPSA) is 63.2 Å². The van der Waals surface area contributed by atoms with Crippen molar-refractivity contribution in [3.8, 4) is 0 Å². The molecule has 7 heteroatoms. The molecule has 2 N–H and O–H groups in total. The van der Waals surface area contributed by atoms with E-state index in [-0.39, 0.29) is 5.82 Å². The number of hydroxylamine groups is 1. The molecule has 0 bridgehead atoms. The summed E-state index contributed by atoms with van der Waals surface area (Å²) in [6.07, 6.45) is 1.73. The van der Waals surface area contributed by atoms with Crippen LogP contribution in [0, 0.1) is 19.7 Å². The number of rotatable bonds is 4. The highest BCUT2D eigenvalue weighted by molar-refractivity contribution is 7.23. The van der Waals surface area contributed by atoms with E-state index >= 15 is 0 Å². The second-order valence-electron chi connectivity index (χ2n) is 5.42. The van der Waals surface area contributed by atoms with E-state index in [0.29, 0.717) is 26.5 Å². The number of benzene rings is 1. The molecule has 0 aliphatic rings. The number of aromatic nitrogens is 1. The van der Waals surface area contributed by atoms with Crippen LogP contribution in [0.1, 0.15) is 21.5 Å². The van der Waals surface area contributed by atoms with Crippen LogP contribution in [0.3, 0.4) is 0 Å². The highest BCUT2D eigenvalue weighted by atomic mass is 32.1. The summed E-state index contributed by atoms with van der Waals surface area (Å²) >= 11 is 1.29. The number of hydrogen-bond acceptors (Lipinski definition) is 5. The molecule has 0 atom stereocenters. The normalized spacial score (nSPS) is 10.8. The van der Waals surface area contributed by atoms with Crippen molar-refractivity contribution in [3.05, 3.63) is 53.0 Å². The van der Waals surface area contributed by atoms with Gasteiger partial charge in [0.2, 0.25) is 0 Å². The van der Waals surface area contributed by atoms with Gasteiger partial charge in [-0.2, -0.15) is 0 Å². The fourth-order valence-electron chi connectivity index (χ4n) is 2.39. The minimum Gasteiger partial charge on any atom is -0.344 e. The smallest absolute Gasteiger partial charge is 0.278 e. The predicted octanol–water partition coefficient (Wildman–Crippen LogP) is 4.09. The number of thiophene rings is 1. The van der Waals surface area contributed by atoms with Crippen LogP contribution in [0.5, 0.6) is 0 Å². The van der Waals surface area contributed by atoms with Crippen molar-refractivity contribution in [2.75, 3.05) is 12.4 Å². The summed E-state index contributed by atoms with van der Waals surface area (Å²) in [5.41, 5.74) is 4.75. The first-order valence-electron chi connectivity index (χ1n) is 7.25. The summed E-state index contributed by atoms with van der Waals surface area (Å²) < 4.78 is 14.1. The van der Waals surface area contributed by atoms with Crippen molar-refractivity contribution < 1.29 is 14.0 Å². The second-order valence-corrected chi connectivity index (χ2v) is 6.41. The van der Waals surface area contributed by atoms with Crippen LogP contribution in [0.15, 0.2) is 30.5 Å². The summed E-state index contributed by atoms with van der Waals surface area (Å²) in [6.45, 7) is 3.71. The van der Waals surface area contributed by atoms with E-state index in [1.54, 1.807) is 18.3 Å². The molecule has 3 rings (SSSR count). The highest BCUT2D eigenvalue weighted by Gasteiger charge is 2.21. The van der Waals surface area contributed by atoms with Crippen molar-refractivity contribution in [1.29, 1.82) is 0 Å². The van der Waals surface area contributed by atoms with Crippen molar-refractivity contribution in [2.45, 2.75) is 13.8 Å². The zero-order chi connectivity index (χ0) is 17.3. The average Bonchev–Trinajstić information content (AvgIpc) is 2.87. The van der Waals surface area contributed by atoms with Gasteiger partial charge in [-0.05, 0) is 43.2 Å². The van der Waals surface area contributed by atoms with Crippen LogP contribution >= 0.6 is 11.3 Å². The molecule has 0 radical (unpaired) electrons. The van der Waals surface area contributed by atoms with Crippen LogP contribution < -0.4 is 10.8 Å². The number of pyridine rings is 1. The summed E-state index contributed by atoms with van der Waals surface area (Å²) in [4.78, 5) is 22.2. The molecule has 5 nitrogen and oxygen atoms in total. The molecule has 124 valence electrons. The molecule has 0 fully saturated rings. The molecule has 0 aliphatic heterocycles. The fraction of sp³-hybridized carbons (Fsp3) is 0.176. The van der Waals surface area contributed by atoms with Crippen LogP contribution in [0.2, 0.25) is 0 Å². The van der Waals surface area contributed by atoms with Gasteiger partial charge < -0.3 is 5.32 Å². The van der Waals surface area contributed by atoms with Crippen molar-refractivity contribution >= 4 is 38.1 Å². The van der Waals surface area contributed by atoms with Crippen molar-refractivity contribution in [2.24, 2.45) is 0 Å². The number of amides is 1. The van der Waals surface area contributed by atoms with E-state index in [1.807, 2.05) is 19.9 Å². The van der Waals surface area contributed by atoms with Gasteiger partial charge in [0.1, 0.15) is 15.6 Å². The molecular formula is C17H16FN3O2S. The van der Waals surface area contributed by atoms with Gasteiger partial charge in [0.05, 0.1) is 18.4 Å². The zero-order valence-corrected chi connectivity index (χ0v) is 14.3. The highest BCUT2D eigenvalue weighted by Crippen LogP contribution is 2.37. The van der Waals surface area contributed by atoms with E-state index < -0.39 is 5.91 Å². The Kier molecular flexibility index (Phi) is 4.46. The van der Waals surface area contributed by atoms with Gasteiger partial charge >= 0.3 is 0 Å². The third-order valence-corrected chi connectivity index (χ3v) is 4.51. The van der Waals surface area contributed by atoms with Gasteiger partial charge in [0, 0.05) is 11.6 Å². The summed E-state index contributed by atoms with van der Waals surface area (Å²) in [5, 5.41) is 4.22. The van der Waals surface area contributed by atoms with Crippen LogP contribution in [-0.4, -0.2) is 18.0 Å². The average molecular weight is 345 g/mol. The predicted molar refractivity (Wildman–Crippen MR) is 93.3 cm³/mol. The number of carbonyl (C=O) groups is 1. The Labute approximate surface area is 142 Å². The Morgan fingerprint density at radius 1 is 1.25 bits per heavy atom. The van der Waals surface area contributed by atoms with Crippen molar-refractivity contribution in [3.63, 3.8) is 0 Å². The third kappa shape index (κ3) is 3.08. The lowest BCUT2D eigenvalue weighted by molar-refractivity contribution is 0.0540. The largest absolute Gasteiger partial charge is 0.344 e. The number of aryl methyl sites for hydroxylation is 2. The molecule has 0 saturated heterocycles. The van der Waals surface area contributed by atoms with Gasteiger partial charge in [-0.1, -0.05) is 17.4 Å². The van der Waals surface area contributed by atoms with E-state index in [0.717, 1.165) is 11.1 Å². The molecule has 1 amide bonds. The Bertz CT molecular complexity index is 924. The maximum atomic E-state index is 14.1. The number of halogens is 1. The number of hydrogen-bond donors (Lipinski definition) is 2. The molecule has 1 aromatic carbocycles. The van der Waals surface area contributed by atoms with Gasteiger partial charge in [-0.3, -0.25) is 9.63 Å². The molecular weight excluding hydrogens is 329 g/mol. The van der Waals surface area contributed by atoms with Gasteiger partial charge in [0.25, 0.3) is 5.91 Å². The number of nitrogens with one attached hydrogen (secondary N) is 2. The second kappa shape index (κ2) is 6.54. The number of anilines is 2. The molecule has 3 aromatic rings. The molecule has 24 heavy (non-hydrogen) atoms. The lowest BCUT2D eigenvalue weighted by Crippen LogP contribution is -2.22. The molecule has 0 unspecified atom stereocenters. The maximum absolute atomic E-state index is 14.1. The Balaban J connectivity index is 2.12. The minimum absolute atomic E-state index is 0.301.